The molecule has 5 heteroatoms. The maximum absolute atomic E-state index is 10.1. The minimum Gasteiger partial charge on any atom is -0.481 e. The van der Waals surface area contributed by atoms with E-state index in [1.165, 1.54) is 13.8 Å². The Kier molecular flexibility index (Phi) is 11.4. The summed E-state index contributed by atoms with van der Waals surface area (Å²) < 4.78 is 4.64. The highest BCUT2D eigenvalue weighted by atomic mass is 16.5. The fraction of sp³-hybridized carbons (Fsp3) is 0.700. The Hall–Kier alpha value is -1.39. The van der Waals surface area contributed by atoms with E-state index in [1.54, 1.807) is 0 Å². The summed E-state index contributed by atoms with van der Waals surface area (Å²) in [5.74, 6) is -1.56. The van der Waals surface area contributed by atoms with Gasteiger partial charge >= 0.3 is 11.9 Å². The minimum absolute atomic E-state index is 0.182. The molecule has 0 radical (unpaired) electrons. The van der Waals surface area contributed by atoms with Crippen molar-refractivity contribution >= 4 is 17.7 Å². The summed E-state index contributed by atoms with van der Waals surface area (Å²) in [6.45, 7) is 5.30. The van der Waals surface area contributed by atoms with E-state index in [0.717, 1.165) is 12.8 Å². The Morgan fingerprint density at radius 1 is 1.20 bits per heavy atom. The van der Waals surface area contributed by atoms with Gasteiger partial charge in [-0.1, -0.05) is 13.3 Å². The van der Waals surface area contributed by atoms with Crippen molar-refractivity contribution in [2.24, 2.45) is 0 Å². The molecule has 0 aromatic rings. The molecule has 0 rings (SSSR count). The number of ether oxygens (including phenoxy) is 1. The zero-order chi connectivity index (χ0) is 12.3. The van der Waals surface area contributed by atoms with Gasteiger partial charge in [0.25, 0.3) is 0 Å². The molecule has 0 aromatic heterocycles. The molecule has 88 valence electrons. The van der Waals surface area contributed by atoms with E-state index in [-0.39, 0.29) is 18.2 Å². The van der Waals surface area contributed by atoms with Gasteiger partial charge in [0, 0.05) is 6.92 Å². The molecule has 5 nitrogen and oxygen atoms in total. The lowest BCUT2D eigenvalue weighted by Crippen LogP contribution is -2.00. The van der Waals surface area contributed by atoms with Crippen LogP contribution in [0.4, 0.5) is 0 Å². The second-order valence-corrected chi connectivity index (χ2v) is 2.97. The summed E-state index contributed by atoms with van der Waals surface area (Å²) in [5, 5.41) is 7.86. The molecule has 15 heavy (non-hydrogen) atoms. The first-order chi connectivity index (χ1) is 6.90. The van der Waals surface area contributed by atoms with Crippen LogP contribution >= 0.6 is 0 Å². The van der Waals surface area contributed by atoms with Gasteiger partial charge in [-0.15, -0.1) is 0 Å². The summed E-state index contributed by atoms with van der Waals surface area (Å²) >= 11 is 0. The molecule has 0 amide bonds. The Balaban J connectivity index is 0. The van der Waals surface area contributed by atoms with E-state index in [2.05, 4.69) is 11.7 Å². The Morgan fingerprint density at radius 2 is 1.73 bits per heavy atom. The highest BCUT2D eigenvalue weighted by molar-refractivity contribution is 5.93. The second-order valence-electron chi connectivity index (χ2n) is 2.97. The summed E-state index contributed by atoms with van der Waals surface area (Å²) in [6, 6.07) is 0. The smallest absolute Gasteiger partial charge is 0.310 e. The van der Waals surface area contributed by atoms with Crippen molar-refractivity contribution in [1.29, 1.82) is 0 Å². The van der Waals surface area contributed by atoms with Crippen molar-refractivity contribution in [3.63, 3.8) is 0 Å². The average Bonchev–Trinajstić information content (AvgIpc) is 2.02. The minimum atomic E-state index is -1.06. The van der Waals surface area contributed by atoms with Gasteiger partial charge < -0.3 is 9.84 Å². The van der Waals surface area contributed by atoms with E-state index in [1.807, 2.05) is 0 Å². The van der Waals surface area contributed by atoms with Crippen LogP contribution in [0, 0.1) is 0 Å². The van der Waals surface area contributed by atoms with Gasteiger partial charge in [-0.25, -0.2) is 0 Å². The van der Waals surface area contributed by atoms with Crippen LogP contribution < -0.4 is 0 Å². The van der Waals surface area contributed by atoms with Crippen LogP contribution in [0.5, 0.6) is 0 Å². The normalized spacial score (nSPS) is 8.47. The lowest BCUT2D eigenvalue weighted by Gasteiger charge is -1.96. The fourth-order valence-electron chi connectivity index (χ4n) is 0.573. The van der Waals surface area contributed by atoms with Gasteiger partial charge in [-0.2, -0.15) is 0 Å². The highest BCUT2D eigenvalue weighted by Gasteiger charge is 1.98. The van der Waals surface area contributed by atoms with Gasteiger partial charge in [-0.05, 0) is 13.3 Å². The maximum Gasteiger partial charge on any atom is 0.310 e. The largest absolute Gasteiger partial charge is 0.481 e. The molecule has 0 aliphatic heterocycles. The molecule has 1 N–H and O–H groups in total. The van der Waals surface area contributed by atoms with E-state index < -0.39 is 5.97 Å². The number of rotatable bonds is 5. The average molecular weight is 218 g/mol. The van der Waals surface area contributed by atoms with Crippen LogP contribution in [0.1, 0.15) is 40.0 Å². The first-order valence-corrected chi connectivity index (χ1v) is 4.74. The monoisotopic (exact) mass is 218 g/mol. The quantitative estimate of drug-likeness (QED) is 0.428. The Morgan fingerprint density at radius 3 is 1.93 bits per heavy atom. The fourth-order valence-corrected chi connectivity index (χ4v) is 0.573. The number of carboxylic acid groups (broad SMARTS) is 1. The molecule has 0 saturated carbocycles. The molecule has 0 aromatic carbocycles. The lowest BCUT2D eigenvalue weighted by atomic mass is 10.3. The van der Waals surface area contributed by atoms with Crippen molar-refractivity contribution in [1.82, 2.24) is 0 Å². The van der Waals surface area contributed by atoms with Gasteiger partial charge in [0.1, 0.15) is 12.2 Å². The van der Waals surface area contributed by atoms with Gasteiger partial charge in [-0.3, -0.25) is 14.4 Å². The number of esters is 1. The van der Waals surface area contributed by atoms with Gasteiger partial charge in [0.2, 0.25) is 0 Å². The summed E-state index contributed by atoms with van der Waals surface area (Å²) in [4.78, 5) is 29.6. The third kappa shape index (κ3) is 24.5. The summed E-state index contributed by atoms with van der Waals surface area (Å²) in [7, 11) is 0. The standard InChI is InChI=1S/C6H12O2.C4H6O3/c1-3-4-5-8-6(2)7;1-3(5)2-4(6)7/h3-5H2,1-2H3;2H2,1H3,(H,6,7). The van der Waals surface area contributed by atoms with Gasteiger partial charge in [0.05, 0.1) is 6.61 Å². The molecule has 0 saturated heterocycles. The Bertz CT molecular complexity index is 198. The molecule has 0 bridgehead atoms. The van der Waals surface area contributed by atoms with Crippen LogP contribution in [0.2, 0.25) is 0 Å². The third-order valence-electron chi connectivity index (χ3n) is 1.20. The van der Waals surface area contributed by atoms with Crippen LogP contribution in [0.25, 0.3) is 0 Å². The van der Waals surface area contributed by atoms with Crippen molar-refractivity contribution in [2.75, 3.05) is 6.61 Å². The number of Topliss-reactive ketones (excluding diaryl/α,β-unsaturated/α-hetero) is 1. The number of carboxylic acids is 1. The maximum atomic E-state index is 10.1. The zero-order valence-electron chi connectivity index (χ0n) is 9.41. The van der Waals surface area contributed by atoms with Crippen LogP contribution in [0.15, 0.2) is 0 Å². The van der Waals surface area contributed by atoms with E-state index >= 15 is 0 Å². The number of carbonyl (C=O) groups is 3. The second kappa shape index (κ2) is 10.7. The van der Waals surface area contributed by atoms with E-state index in [0.29, 0.717) is 6.61 Å². The third-order valence-corrected chi connectivity index (χ3v) is 1.20. The SMILES string of the molecule is CC(=O)CC(=O)O.CCCCOC(C)=O. The molecule has 0 fully saturated rings. The van der Waals surface area contributed by atoms with E-state index in [4.69, 9.17) is 5.11 Å². The van der Waals surface area contributed by atoms with Crippen molar-refractivity contribution < 1.29 is 24.2 Å². The predicted molar refractivity (Wildman–Crippen MR) is 54.5 cm³/mol. The predicted octanol–water partition coefficient (Wildman–Crippen LogP) is 1.40. The van der Waals surface area contributed by atoms with Gasteiger partial charge in [0.15, 0.2) is 0 Å². The molecule has 0 aliphatic carbocycles. The van der Waals surface area contributed by atoms with E-state index in [9.17, 15) is 14.4 Å². The first kappa shape index (κ1) is 16.1. The molecular weight excluding hydrogens is 200 g/mol. The molecular formula is C10H18O5. The number of carbonyl (C=O) groups excluding carboxylic acids is 2. The number of ketones is 1. The number of unbranched alkanes of at least 4 members (excludes halogenated alkanes) is 1. The van der Waals surface area contributed by atoms with Crippen LogP contribution in [-0.4, -0.2) is 29.4 Å². The number of hydrogen-bond acceptors (Lipinski definition) is 4. The lowest BCUT2D eigenvalue weighted by molar-refractivity contribution is -0.141. The van der Waals surface area contributed by atoms with Crippen molar-refractivity contribution in [3.05, 3.63) is 0 Å². The molecule has 0 unspecified atom stereocenters. The summed E-state index contributed by atoms with van der Waals surface area (Å²) in [6.07, 6.45) is 1.69. The van der Waals surface area contributed by atoms with Crippen molar-refractivity contribution in [2.45, 2.75) is 40.0 Å². The molecule has 0 aliphatic rings. The van der Waals surface area contributed by atoms with Crippen molar-refractivity contribution in [3.8, 4) is 0 Å². The van der Waals surface area contributed by atoms with Crippen LogP contribution in [0.3, 0.4) is 0 Å². The number of aliphatic carboxylic acids is 1. The molecule has 0 atom stereocenters. The number of hydrogen-bond donors (Lipinski definition) is 1. The first-order valence-electron chi connectivity index (χ1n) is 4.74. The zero-order valence-corrected chi connectivity index (χ0v) is 9.41. The Labute approximate surface area is 89.4 Å². The highest BCUT2D eigenvalue weighted by Crippen LogP contribution is 1.86. The molecule has 0 spiro atoms. The van der Waals surface area contributed by atoms with Crippen LogP contribution in [-0.2, 0) is 19.1 Å². The topological polar surface area (TPSA) is 80.7 Å². The summed E-state index contributed by atoms with van der Waals surface area (Å²) in [5.41, 5.74) is 0. The molecule has 0 heterocycles.